The maximum Gasteiger partial charge on any atom is 0.268 e. The smallest absolute Gasteiger partial charge is 0.268 e. The third-order valence-corrected chi connectivity index (χ3v) is 5.61. The van der Waals surface area contributed by atoms with E-state index in [1.165, 1.54) is 11.3 Å². The van der Waals surface area contributed by atoms with Gasteiger partial charge in [-0.25, -0.2) is 4.98 Å². The number of hydrogen-bond acceptors (Lipinski definition) is 4. The summed E-state index contributed by atoms with van der Waals surface area (Å²) in [6.07, 6.45) is 0. The number of anilines is 1. The average molecular weight is 414 g/mol. The Hall–Kier alpha value is -3.77. The fourth-order valence-electron chi connectivity index (χ4n) is 3.04. The van der Waals surface area contributed by atoms with E-state index in [1.807, 2.05) is 60.7 Å². The number of amides is 2. The normalized spacial score (nSPS) is 10.4. The lowest BCUT2D eigenvalue weighted by atomic mass is 10.1. The number of carbonyl (C=O) groups excluding carboxylic acids is 2. The lowest BCUT2D eigenvalue weighted by Crippen LogP contribution is -2.18. The van der Waals surface area contributed by atoms with Crippen molar-refractivity contribution in [2.24, 2.45) is 0 Å². The minimum absolute atomic E-state index is 0.208. The summed E-state index contributed by atoms with van der Waals surface area (Å²) in [4.78, 5) is 30.3. The minimum atomic E-state index is -0.261. The Morgan fingerprint density at radius 2 is 1.47 bits per heavy atom. The number of rotatable bonds is 5. The molecule has 0 saturated carbocycles. The molecular formula is C24H19N3O2S. The van der Waals surface area contributed by atoms with Gasteiger partial charge in [-0.2, -0.15) is 0 Å². The summed E-state index contributed by atoms with van der Waals surface area (Å²) >= 11 is 1.35. The van der Waals surface area contributed by atoms with Crippen molar-refractivity contribution in [3.05, 3.63) is 95.4 Å². The van der Waals surface area contributed by atoms with E-state index < -0.39 is 0 Å². The predicted molar refractivity (Wildman–Crippen MR) is 121 cm³/mol. The Bertz CT molecular complexity index is 1190. The van der Waals surface area contributed by atoms with Crippen molar-refractivity contribution in [3.63, 3.8) is 0 Å². The molecular weight excluding hydrogens is 394 g/mol. The predicted octanol–water partition coefficient (Wildman–Crippen LogP) is 5.09. The molecule has 3 aromatic carbocycles. The van der Waals surface area contributed by atoms with E-state index in [2.05, 4.69) is 10.6 Å². The van der Waals surface area contributed by atoms with E-state index in [1.54, 1.807) is 31.3 Å². The van der Waals surface area contributed by atoms with Crippen molar-refractivity contribution in [3.8, 4) is 21.8 Å². The van der Waals surface area contributed by atoms with Crippen LogP contribution in [0.4, 0.5) is 5.69 Å². The maximum atomic E-state index is 13.2. The highest BCUT2D eigenvalue weighted by atomic mass is 32.1. The summed E-state index contributed by atoms with van der Waals surface area (Å²) in [7, 11) is 1.57. The number of carbonyl (C=O) groups is 2. The van der Waals surface area contributed by atoms with Crippen LogP contribution in [0.2, 0.25) is 0 Å². The van der Waals surface area contributed by atoms with Gasteiger partial charge in [0.05, 0.1) is 5.69 Å². The van der Waals surface area contributed by atoms with E-state index >= 15 is 0 Å². The Morgan fingerprint density at radius 3 is 2.13 bits per heavy atom. The van der Waals surface area contributed by atoms with Crippen LogP contribution in [0.25, 0.3) is 21.8 Å². The fraction of sp³-hybridized carbons (Fsp3) is 0.0417. The van der Waals surface area contributed by atoms with Crippen LogP contribution in [0.15, 0.2) is 84.9 Å². The largest absolute Gasteiger partial charge is 0.355 e. The first-order valence-electron chi connectivity index (χ1n) is 9.41. The lowest BCUT2D eigenvalue weighted by Gasteiger charge is -2.07. The van der Waals surface area contributed by atoms with Gasteiger partial charge in [-0.15, -0.1) is 11.3 Å². The summed E-state index contributed by atoms with van der Waals surface area (Å²) in [6, 6.07) is 26.3. The quantitative estimate of drug-likeness (QED) is 0.479. The molecule has 4 rings (SSSR count). The van der Waals surface area contributed by atoms with Gasteiger partial charge in [-0.05, 0) is 18.2 Å². The van der Waals surface area contributed by atoms with Gasteiger partial charge in [0.15, 0.2) is 0 Å². The van der Waals surface area contributed by atoms with Gasteiger partial charge in [-0.1, -0.05) is 66.7 Å². The highest BCUT2D eigenvalue weighted by molar-refractivity contribution is 7.17. The average Bonchev–Trinajstić information content (AvgIpc) is 3.26. The third-order valence-electron chi connectivity index (χ3n) is 4.51. The van der Waals surface area contributed by atoms with Gasteiger partial charge in [0.2, 0.25) is 0 Å². The molecule has 2 amide bonds. The first-order chi connectivity index (χ1) is 14.7. The first-order valence-corrected chi connectivity index (χ1v) is 10.2. The van der Waals surface area contributed by atoms with E-state index in [-0.39, 0.29) is 11.8 Å². The van der Waals surface area contributed by atoms with Crippen molar-refractivity contribution in [2.75, 3.05) is 12.4 Å². The van der Waals surface area contributed by atoms with Crippen LogP contribution < -0.4 is 10.6 Å². The van der Waals surface area contributed by atoms with Crippen LogP contribution in [0.3, 0.4) is 0 Å². The molecule has 0 aliphatic rings. The van der Waals surface area contributed by atoms with E-state index in [4.69, 9.17) is 4.98 Å². The second-order valence-corrected chi connectivity index (χ2v) is 7.54. The standard InChI is InChI=1S/C24H19N3O2S/c1-25-22(28)18-13-8-14-19(15-18)26-23(29)21-20(16-9-4-2-5-10-16)27-24(30-21)17-11-6-3-7-12-17/h2-15H,1H3,(H,25,28)(H,26,29). The topological polar surface area (TPSA) is 71.1 Å². The van der Waals surface area contributed by atoms with Gasteiger partial charge < -0.3 is 10.6 Å². The molecule has 0 saturated heterocycles. The van der Waals surface area contributed by atoms with Crippen LogP contribution in [0.1, 0.15) is 20.0 Å². The van der Waals surface area contributed by atoms with Crippen molar-refractivity contribution >= 4 is 28.8 Å². The van der Waals surface area contributed by atoms with Crippen molar-refractivity contribution in [1.29, 1.82) is 0 Å². The number of nitrogens with one attached hydrogen (secondary N) is 2. The first kappa shape index (κ1) is 19.5. The van der Waals surface area contributed by atoms with Crippen LogP contribution in [0, 0.1) is 0 Å². The summed E-state index contributed by atoms with van der Waals surface area (Å²) < 4.78 is 0. The molecule has 0 spiro atoms. The molecule has 5 nitrogen and oxygen atoms in total. The van der Waals surface area contributed by atoms with Crippen molar-refractivity contribution < 1.29 is 9.59 Å². The van der Waals surface area contributed by atoms with Crippen molar-refractivity contribution in [2.45, 2.75) is 0 Å². The Kier molecular flexibility index (Phi) is 5.68. The summed E-state index contributed by atoms with van der Waals surface area (Å²) in [5.41, 5.74) is 3.50. The molecule has 0 unspecified atom stereocenters. The van der Waals surface area contributed by atoms with Crippen molar-refractivity contribution in [1.82, 2.24) is 10.3 Å². The molecule has 2 N–H and O–H groups in total. The zero-order valence-corrected chi connectivity index (χ0v) is 17.1. The molecule has 0 bridgehead atoms. The van der Waals surface area contributed by atoms with Gasteiger partial charge in [0.25, 0.3) is 11.8 Å². The Balaban J connectivity index is 1.71. The van der Waals surface area contributed by atoms with Gasteiger partial charge in [0.1, 0.15) is 9.88 Å². The lowest BCUT2D eigenvalue weighted by molar-refractivity contribution is 0.0961. The molecule has 4 aromatic rings. The molecule has 1 aromatic heterocycles. The van der Waals surface area contributed by atoms with E-state index in [0.717, 1.165) is 16.1 Å². The van der Waals surface area contributed by atoms with E-state index in [9.17, 15) is 9.59 Å². The van der Waals surface area contributed by atoms with Crippen LogP contribution in [-0.4, -0.2) is 23.8 Å². The minimum Gasteiger partial charge on any atom is -0.355 e. The highest BCUT2D eigenvalue weighted by Gasteiger charge is 2.20. The SMILES string of the molecule is CNC(=O)c1cccc(NC(=O)c2sc(-c3ccccc3)nc2-c2ccccc2)c1. The van der Waals surface area contributed by atoms with Gasteiger partial charge in [0, 0.05) is 29.4 Å². The summed E-state index contributed by atoms with van der Waals surface area (Å²) in [5.74, 6) is -0.470. The molecule has 0 aliphatic carbocycles. The van der Waals surface area contributed by atoms with Crippen LogP contribution in [-0.2, 0) is 0 Å². The molecule has 0 aliphatic heterocycles. The van der Waals surface area contributed by atoms with E-state index in [0.29, 0.717) is 21.8 Å². The Morgan fingerprint density at radius 1 is 0.800 bits per heavy atom. The second kappa shape index (κ2) is 8.71. The number of thiazole rings is 1. The Labute approximate surface area is 178 Å². The highest BCUT2D eigenvalue weighted by Crippen LogP contribution is 2.34. The molecule has 1 heterocycles. The molecule has 0 radical (unpaired) electrons. The maximum absolute atomic E-state index is 13.2. The zero-order chi connectivity index (χ0) is 20.9. The van der Waals surface area contributed by atoms with Crippen LogP contribution in [0.5, 0.6) is 0 Å². The number of nitrogens with zero attached hydrogens (tertiary/aromatic N) is 1. The summed E-state index contributed by atoms with van der Waals surface area (Å²) in [5, 5.41) is 6.27. The molecule has 0 atom stereocenters. The number of aromatic nitrogens is 1. The molecule has 30 heavy (non-hydrogen) atoms. The molecule has 0 fully saturated rings. The summed E-state index contributed by atoms with van der Waals surface area (Å²) in [6.45, 7) is 0. The van der Waals surface area contributed by atoms with Gasteiger partial charge >= 0.3 is 0 Å². The zero-order valence-electron chi connectivity index (χ0n) is 16.3. The third kappa shape index (κ3) is 4.14. The number of hydrogen-bond donors (Lipinski definition) is 2. The molecule has 6 heteroatoms. The molecule has 148 valence electrons. The fourth-order valence-corrected chi connectivity index (χ4v) is 4.03. The number of benzene rings is 3. The van der Waals surface area contributed by atoms with Gasteiger partial charge in [-0.3, -0.25) is 9.59 Å². The second-order valence-electron chi connectivity index (χ2n) is 6.54. The van der Waals surface area contributed by atoms with Crippen LogP contribution >= 0.6 is 11.3 Å². The monoisotopic (exact) mass is 413 g/mol.